The van der Waals surface area contributed by atoms with Gasteiger partial charge in [-0.05, 0) is 30.9 Å². The summed E-state index contributed by atoms with van der Waals surface area (Å²) in [6.45, 7) is 6.49. The van der Waals surface area contributed by atoms with Gasteiger partial charge in [0.1, 0.15) is 0 Å². The van der Waals surface area contributed by atoms with Crippen molar-refractivity contribution in [2.24, 2.45) is 5.92 Å². The smallest absolute Gasteiger partial charge is 0.0957 e. The lowest BCUT2D eigenvalue weighted by Crippen LogP contribution is -2.19. The Bertz CT molecular complexity index is 336. The molecule has 0 radical (unpaired) electrons. The van der Waals surface area contributed by atoms with Crippen LogP contribution >= 0.6 is 0 Å². The molecular formula is C13H20N2O. The fraction of sp³-hybridized carbons (Fsp3) is 0.615. The van der Waals surface area contributed by atoms with Crippen molar-refractivity contribution in [2.45, 2.75) is 32.8 Å². The zero-order chi connectivity index (χ0) is 11.5. The largest absolute Gasteiger partial charge is 0.387 e. The number of nitrogens with zero attached hydrogens (tertiary/aromatic N) is 2. The number of rotatable bonds is 3. The molecule has 3 nitrogen and oxygen atoms in total. The summed E-state index contributed by atoms with van der Waals surface area (Å²) in [6.07, 6.45) is 3.44. The minimum atomic E-state index is -0.424. The zero-order valence-corrected chi connectivity index (χ0v) is 10.1. The lowest BCUT2D eigenvalue weighted by Gasteiger charge is -2.18. The van der Waals surface area contributed by atoms with Crippen LogP contribution in [0.25, 0.3) is 0 Å². The Kier molecular flexibility index (Phi) is 3.44. The van der Waals surface area contributed by atoms with E-state index in [0.717, 1.165) is 24.7 Å². The van der Waals surface area contributed by atoms with Gasteiger partial charge in [0.15, 0.2) is 0 Å². The van der Waals surface area contributed by atoms with Gasteiger partial charge in [-0.25, -0.2) is 0 Å². The van der Waals surface area contributed by atoms with Crippen LogP contribution in [-0.2, 0) is 0 Å². The second kappa shape index (κ2) is 4.83. The highest BCUT2D eigenvalue weighted by atomic mass is 16.3. The Balaban J connectivity index is 2.07. The molecule has 0 aliphatic carbocycles. The van der Waals surface area contributed by atoms with Gasteiger partial charge in [-0.3, -0.25) is 4.98 Å². The predicted octanol–water partition coefficient (Wildman–Crippen LogP) is 2.37. The van der Waals surface area contributed by atoms with Crippen molar-refractivity contribution in [3.8, 4) is 0 Å². The highest BCUT2D eigenvalue weighted by molar-refractivity contribution is 5.45. The van der Waals surface area contributed by atoms with Crippen LogP contribution in [0, 0.1) is 5.92 Å². The number of anilines is 1. The van der Waals surface area contributed by atoms with Gasteiger partial charge in [0.25, 0.3) is 0 Å². The Labute approximate surface area is 97.1 Å². The molecule has 1 saturated heterocycles. The SMILES string of the molecule is CCC(O)c1ccc(N2CCC(C)C2)cn1. The van der Waals surface area contributed by atoms with E-state index in [1.165, 1.54) is 12.1 Å². The van der Waals surface area contributed by atoms with Crippen molar-refractivity contribution in [2.75, 3.05) is 18.0 Å². The first-order valence-corrected chi connectivity index (χ1v) is 6.09. The summed E-state index contributed by atoms with van der Waals surface area (Å²) in [4.78, 5) is 6.69. The van der Waals surface area contributed by atoms with E-state index in [1.807, 2.05) is 19.2 Å². The zero-order valence-electron chi connectivity index (χ0n) is 10.1. The van der Waals surface area contributed by atoms with Crippen LogP contribution in [0.5, 0.6) is 0 Å². The topological polar surface area (TPSA) is 36.4 Å². The van der Waals surface area contributed by atoms with Gasteiger partial charge in [0.2, 0.25) is 0 Å². The quantitative estimate of drug-likeness (QED) is 0.849. The lowest BCUT2D eigenvalue weighted by atomic mass is 10.2. The molecule has 88 valence electrons. The van der Waals surface area contributed by atoms with E-state index in [-0.39, 0.29) is 0 Å². The molecule has 1 fully saturated rings. The Morgan fingerprint density at radius 2 is 2.38 bits per heavy atom. The summed E-state index contributed by atoms with van der Waals surface area (Å²) in [5, 5.41) is 9.65. The normalized spacial score (nSPS) is 22.4. The number of aromatic nitrogens is 1. The molecule has 3 heteroatoms. The van der Waals surface area contributed by atoms with Crippen molar-refractivity contribution in [3.63, 3.8) is 0 Å². The third-order valence-electron chi connectivity index (χ3n) is 3.29. The van der Waals surface area contributed by atoms with E-state index in [2.05, 4.69) is 22.9 Å². The molecular weight excluding hydrogens is 200 g/mol. The van der Waals surface area contributed by atoms with Gasteiger partial charge in [-0.2, -0.15) is 0 Å². The van der Waals surface area contributed by atoms with Crippen LogP contribution in [0.4, 0.5) is 5.69 Å². The van der Waals surface area contributed by atoms with Crippen LogP contribution in [-0.4, -0.2) is 23.2 Å². The Morgan fingerprint density at radius 1 is 1.56 bits per heavy atom. The fourth-order valence-electron chi connectivity index (χ4n) is 2.16. The van der Waals surface area contributed by atoms with Crippen molar-refractivity contribution >= 4 is 5.69 Å². The maximum absolute atomic E-state index is 9.65. The summed E-state index contributed by atoms with van der Waals surface area (Å²) in [6, 6.07) is 4.01. The second-order valence-electron chi connectivity index (χ2n) is 4.71. The van der Waals surface area contributed by atoms with Gasteiger partial charge in [0.05, 0.1) is 23.7 Å². The van der Waals surface area contributed by atoms with E-state index >= 15 is 0 Å². The van der Waals surface area contributed by atoms with Gasteiger partial charge in [-0.15, -0.1) is 0 Å². The molecule has 16 heavy (non-hydrogen) atoms. The molecule has 1 aliphatic rings. The number of aliphatic hydroxyl groups excluding tert-OH is 1. The predicted molar refractivity (Wildman–Crippen MR) is 65.5 cm³/mol. The fourth-order valence-corrected chi connectivity index (χ4v) is 2.16. The van der Waals surface area contributed by atoms with E-state index in [4.69, 9.17) is 0 Å². The summed E-state index contributed by atoms with van der Waals surface area (Å²) in [5.74, 6) is 0.779. The van der Waals surface area contributed by atoms with Gasteiger partial charge in [-0.1, -0.05) is 13.8 Å². The van der Waals surface area contributed by atoms with E-state index in [9.17, 15) is 5.11 Å². The molecule has 0 spiro atoms. The molecule has 1 N–H and O–H groups in total. The first-order chi connectivity index (χ1) is 7.70. The molecule has 0 bridgehead atoms. The lowest BCUT2D eigenvalue weighted by molar-refractivity contribution is 0.169. The van der Waals surface area contributed by atoms with E-state index in [0.29, 0.717) is 6.42 Å². The highest BCUT2D eigenvalue weighted by Gasteiger charge is 2.19. The first kappa shape index (κ1) is 11.4. The van der Waals surface area contributed by atoms with Crippen LogP contribution in [0.3, 0.4) is 0 Å². The molecule has 2 unspecified atom stereocenters. The third kappa shape index (κ3) is 2.35. The van der Waals surface area contributed by atoms with Crippen LogP contribution in [0.15, 0.2) is 18.3 Å². The highest BCUT2D eigenvalue weighted by Crippen LogP contribution is 2.24. The molecule has 0 saturated carbocycles. The van der Waals surface area contributed by atoms with Crippen LogP contribution in [0.2, 0.25) is 0 Å². The summed E-state index contributed by atoms with van der Waals surface area (Å²) in [5.41, 5.74) is 1.95. The molecule has 1 aromatic rings. The average molecular weight is 220 g/mol. The third-order valence-corrected chi connectivity index (χ3v) is 3.29. The average Bonchev–Trinajstić information content (AvgIpc) is 2.75. The number of hydrogen-bond acceptors (Lipinski definition) is 3. The van der Waals surface area contributed by atoms with Crippen molar-refractivity contribution < 1.29 is 5.11 Å². The minimum absolute atomic E-state index is 0.424. The number of hydrogen-bond donors (Lipinski definition) is 1. The first-order valence-electron chi connectivity index (χ1n) is 6.09. The second-order valence-corrected chi connectivity index (χ2v) is 4.71. The maximum Gasteiger partial charge on any atom is 0.0957 e. The van der Waals surface area contributed by atoms with Crippen LogP contribution in [0.1, 0.15) is 38.5 Å². The van der Waals surface area contributed by atoms with E-state index in [1.54, 1.807) is 0 Å². The minimum Gasteiger partial charge on any atom is -0.387 e. The van der Waals surface area contributed by atoms with E-state index < -0.39 is 6.10 Å². The molecule has 2 heterocycles. The van der Waals surface area contributed by atoms with Gasteiger partial charge >= 0.3 is 0 Å². The Hall–Kier alpha value is -1.09. The molecule has 2 rings (SSSR count). The molecule has 2 atom stereocenters. The summed E-state index contributed by atoms with van der Waals surface area (Å²) >= 11 is 0. The van der Waals surface area contributed by atoms with Gasteiger partial charge < -0.3 is 10.0 Å². The van der Waals surface area contributed by atoms with Crippen molar-refractivity contribution in [1.29, 1.82) is 0 Å². The maximum atomic E-state index is 9.65. The summed E-state index contributed by atoms with van der Waals surface area (Å²) in [7, 11) is 0. The van der Waals surface area contributed by atoms with Crippen LogP contribution < -0.4 is 4.90 Å². The number of pyridine rings is 1. The molecule has 1 aliphatic heterocycles. The molecule has 0 amide bonds. The Morgan fingerprint density at radius 3 is 2.88 bits per heavy atom. The molecule has 1 aromatic heterocycles. The van der Waals surface area contributed by atoms with Crippen molar-refractivity contribution in [3.05, 3.63) is 24.0 Å². The van der Waals surface area contributed by atoms with Crippen molar-refractivity contribution in [1.82, 2.24) is 4.98 Å². The standard InChI is InChI=1S/C13H20N2O/c1-3-13(16)12-5-4-11(8-14-12)15-7-6-10(2)9-15/h4-5,8,10,13,16H,3,6-7,9H2,1-2H3. The molecule has 0 aromatic carbocycles. The van der Waals surface area contributed by atoms with Gasteiger partial charge in [0, 0.05) is 13.1 Å². The number of aliphatic hydroxyl groups is 1. The monoisotopic (exact) mass is 220 g/mol. The summed E-state index contributed by atoms with van der Waals surface area (Å²) < 4.78 is 0.